The molecule has 0 radical (unpaired) electrons. The summed E-state index contributed by atoms with van der Waals surface area (Å²) in [5, 5.41) is 2.95. The Hall–Kier alpha value is -3.08. The van der Waals surface area contributed by atoms with Gasteiger partial charge < -0.3 is 14.6 Å². The second-order valence-corrected chi connectivity index (χ2v) is 6.79. The Labute approximate surface area is 160 Å². The van der Waals surface area contributed by atoms with Gasteiger partial charge in [-0.05, 0) is 56.2 Å². The number of hydrogen-bond donors (Lipinski definition) is 1. The van der Waals surface area contributed by atoms with Crippen LogP contribution in [0.2, 0.25) is 0 Å². The Morgan fingerprint density at radius 3 is 2.33 bits per heavy atom. The average Bonchev–Trinajstić information content (AvgIpc) is 3.06. The number of hydrogen-bond acceptors (Lipinski definition) is 3. The van der Waals surface area contributed by atoms with Gasteiger partial charge in [0.2, 0.25) is 0 Å². The summed E-state index contributed by atoms with van der Waals surface area (Å²) in [5.74, 6) is 1.73. The minimum absolute atomic E-state index is 0.0807. The first-order valence-corrected chi connectivity index (χ1v) is 9.12. The molecule has 0 bridgehead atoms. The lowest BCUT2D eigenvalue weighted by molar-refractivity contribution is 0.0951. The van der Waals surface area contributed by atoms with Gasteiger partial charge in [0.05, 0.1) is 6.10 Å². The zero-order valence-electron chi connectivity index (χ0n) is 16.0. The Morgan fingerprint density at radius 1 is 1.07 bits per heavy atom. The van der Waals surface area contributed by atoms with Crippen LogP contribution in [0.3, 0.4) is 0 Å². The van der Waals surface area contributed by atoms with E-state index < -0.39 is 0 Å². The number of benzene rings is 2. The summed E-state index contributed by atoms with van der Waals surface area (Å²) in [5.41, 5.74) is 2.82. The number of aryl methyl sites for hydroxylation is 1. The molecule has 0 unspecified atom stereocenters. The summed E-state index contributed by atoms with van der Waals surface area (Å²) in [7, 11) is 0. The van der Waals surface area contributed by atoms with E-state index in [1.54, 1.807) is 6.20 Å². The Balaban J connectivity index is 1.54. The van der Waals surface area contributed by atoms with Gasteiger partial charge in [-0.15, -0.1) is 0 Å². The van der Waals surface area contributed by atoms with Gasteiger partial charge in [0, 0.05) is 31.0 Å². The van der Waals surface area contributed by atoms with Crippen LogP contribution >= 0.6 is 0 Å². The van der Waals surface area contributed by atoms with Gasteiger partial charge in [-0.2, -0.15) is 0 Å². The third kappa shape index (κ3) is 5.20. The molecule has 2 aromatic carbocycles. The zero-order chi connectivity index (χ0) is 19.2. The Morgan fingerprint density at radius 2 is 1.74 bits per heavy atom. The number of nitrogens with zero attached hydrogens (tertiary/aromatic N) is 2. The standard InChI is InChI=1S/C22H25N3O2/c1-16(2)27-21-10-6-18(7-11-21)14-24-22(26)20-8-4-19(5-9-20)15-25-13-12-23-17(25)3/h4-13,16H,14-15H2,1-3H3,(H,24,26). The lowest BCUT2D eigenvalue weighted by Crippen LogP contribution is -2.22. The van der Waals surface area contributed by atoms with Crippen LogP contribution in [0.1, 0.15) is 41.2 Å². The van der Waals surface area contributed by atoms with Crippen LogP contribution in [-0.4, -0.2) is 21.6 Å². The van der Waals surface area contributed by atoms with Gasteiger partial charge in [-0.3, -0.25) is 4.79 Å². The van der Waals surface area contributed by atoms with Crippen LogP contribution in [0, 0.1) is 6.92 Å². The molecule has 5 heteroatoms. The summed E-state index contributed by atoms with van der Waals surface area (Å²) in [6.45, 7) is 7.20. The molecule has 1 heterocycles. The van der Waals surface area contributed by atoms with Gasteiger partial charge in [-0.1, -0.05) is 24.3 Å². The van der Waals surface area contributed by atoms with Crippen LogP contribution in [0.15, 0.2) is 60.9 Å². The molecule has 0 atom stereocenters. The van der Waals surface area contributed by atoms with Crippen molar-refractivity contribution in [2.75, 3.05) is 0 Å². The molecule has 1 amide bonds. The number of carbonyl (C=O) groups is 1. The first-order chi connectivity index (χ1) is 13.0. The number of aromatic nitrogens is 2. The third-order valence-corrected chi connectivity index (χ3v) is 4.24. The highest BCUT2D eigenvalue weighted by Gasteiger charge is 2.06. The molecule has 0 saturated heterocycles. The van der Waals surface area contributed by atoms with E-state index in [0.717, 1.165) is 29.2 Å². The van der Waals surface area contributed by atoms with E-state index in [-0.39, 0.29) is 12.0 Å². The molecule has 27 heavy (non-hydrogen) atoms. The van der Waals surface area contributed by atoms with E-state index in [9.17, 15) is 4.79 Å². The highest BCUT2D eigenvalue weighted by Crippen LogP contribution is 2.14. The molecule has 1 aromatic heterocycles. The number of rotatable bonds is 7. The molecule has 0 aliphatic heterocycles. The monoisotopic (exact) mass is 363 g/mol. The fourth-order valence-electron chi connectivity index (χ4n) is 2.77. The van der Waals surface area contributed by atoms with Crippen molar-refractivity contribution < 1.29 is 9.53 Å². The summed E-state index contributed by atoms with van der Waals surface area (Å²) in [4.78, 5) is 16.6. The maximum atomic E-state index is 12.4. The molecule has 140 valence electrons. The first-order valence-electron chi connectivity index (χ1n) is 9.12. The van der Waals surface area contributed by atoms with E-state index in [1.165, 1.54) is 0 Å². The van der Waals surface area contributed by atoms with Crippen molar-refractivity contribution in [3.63, 3.8) is 0 Å². The summed E-state index contributed by atoms with van der Waals surface area (Å²) < 4.78 is 7.70. The number of amides is 1. The first kappa shape index (κ1) is 18.7. The van der Waals surface area contributed by atoms with Crippen molar-refractivity contribution in [1.82, 2.24) is 14.9 Å². The normalized spacial score (nSPS) is 10.8. The van der Waals surface area contributed by atoms with E-state index in [0.29, 0.717) is 12.1 Å². The predicted octanol–water partition coefficient (Wildman–Crippen LogP) is 3.96. The molecule has 5 nitrogen and oxygen atoms in total. The number of ether oxygens (including phenoxy) is 1. The summed E-state index contributed by atoms with van der Waals surface area (Å²) in [6.07, 6.45) is 3.89. The molecule has 1 N–H and O–H groups in total. The molecular weight excluding hydrogens is 338 g/mol. The van der Waals surface area contributed by atoms with Crippen molar-refractivity contribution in [3.05, 3.63) is 83.4 Å². The van der Waals surface area contributed by atoms with Crippen LogP contribution in [0.4, 0.5) is 0 Å². The second kappa shape index (κ2) is 8.54. The lowest BCUT2D eigenvalue weighted by Gasteiger charge is -2.11. The van der Waals surface area contributed by atoms with Crippen LogP contribution < -0.4 is 10.1 Å². The van der Waals surface area contributed by atoms with Crippen molar-refractivity contribution in [3.8, 4) is 5.75 Å². The maximum Gasteiger partial charge on any atom is 0.251 e. The summed E-state index contributed by atoms with van der Waals surface area (Å²) in [6, 6.07) is 15.5. The number of nitrogens with one attached hydrogen (secondary N) is 1. The highest BCUT2D eigenvalue weighted by atomic mass is 16.5. The molecule has 0 aliphatic carbocycles. The number of carbonyl (C=O) groups excluding carboxylic acids is 1. The molecule has 0 spiro atoms. The fourth-order valence-corrected chi connectivity index (χ4v) is 2.77. The van der Waals surface area contributed by atoms with Crippen molar-refractivity contribution in [2.24, 2.45) is 0 Å². The second-order valence-electron chi connectivity index (χ2n) is 6.79. The molecule has 0 saturated carbocycles. The van der Waals surface area contributed by atoms with Gasteiger partial charge in [0.1, 0.15) is 11.6 Å². The van der Waals surface area contributed by atoms with Crippen molar-refractivity contribution in [1.29, 1.82) is 0 Å². The van der Waals surface area contributed by atoms with Gasteiger partial charge in [-0.25, -0.2) is 4.98 Å². The van der Waals surface area contributed by atoms with E-state index in [2.05, 4.69) is 14.9 Å². The minimum atomic E-state index is -0.0807. The third-order valence-electron chi connectivity index (χ3n) is 4.24. The van der Waals surface area contributed by atoms with Gasteiger partial charge in [0.15, 0.2) is 0 Å². The SMILES string of the molecule is Cc1nccn1Cc1ccc(C(=O)NCc2ccc(OC(C)C)cc2)cc1. The Bertz CT molecular complexity index is 881. The smallest absolute Gasteiger partial charge is 0.251 e. The maximum absolute atomic E-state index is 12.4. The minimum Gasteiger partial charge on any atom is -0.491 e. The van der Waals surface area contributed by atoms with Crippen LogP contribution in [-0.2, 0) is 13.1 Å². The number of imidazole rings is 1. The highest BCUT2D eigenvalue weighted by molar-refractivity contribution is 5.94. The van der Waals surface area contributed by atoms with E-state index in [1.807, 2.05) is 75.5 Å². The van der Waals surface area contributed by atoms with Crippen LogP contribution in [0.25, 0.3) is 0 Å². The summed E-state index contributed by atoms with van der Waals surface area (Å²) >= 11 is 0. The fraction of sp³-hybridized carbons (Fsp3) is 0.273. The largest absolute Gasteiger partial charge is 0.491 e. The van der Waals surface area contributed by atoms with E-state index in [4.69, 9.17) is 4.74 Å². The average molecular weight is 363 g/mol. The van der Waals surface area contributed by atoms with E-state index >= 15 is 0 Å². The van der Waals surface area contributed by atoms with Gasteiger partial charge >= 0.3 is 0 Å². The molecule has 0 fully saturated rings. The topological polar surface area (TPSA) is 56.2 Å². The van der Waals surface area contributed by atoms with Crippen LogP contribution in [0.5, 0.6) is 5.75 Å². The van der Waals surface area contributed by atoms with Gasteiger partial charge in [0.25, 0.3) is 5.91 Å². The predicted molar refractivity (Wildman–Crippen MR) is 106 cm³/mol. The zero-order valence-corrected chi connectivity index (χ0v) is 16.0. The molecule has 3 aromatic rings. The Kier molecular flexibility index (Phi) is 5.91. The molecule has 3 rings (SSSR count). The molecule has 0 aliphatic rings. The van der Waals surface area contributed by atoms with Crippen molar-refractivity contribution >= 4 is 5.91 Å². The van der Waals surface area contributed by atoms with Crippen molar-refractivity contribution in [2.45, 2.75) is 40.0 Å². The molecular formula is C22H25N3O2. The lowest BCUT2D eigenvalue weighted by atomic mass is 10.1. The quantitative estimate of drug-likeness (QED) is 0.691.